The fourth-order valence-corrected chi connectivity index (χ4v) is 3.36. The van der Waals surface area contributed by atoms with Crippen molar-refractivity contribution in [3.63, 3.8) is 0 Å². The third-order valence-electron chi connectivity index (χ3n) is 4.96. The van der Waals surface area contributed by atoms with E-state index in [-0.39, 0.29) is 12.1 Å². The lowest BCUT2D eigenvalue weighted by Crippen LogP contribution is -2.45. The van der Waals surface area contributed by atoms with Crippen molar-refractivity contribution in [3.05, 3.63) is 0 Å². The molecule has 1 aliphatic carbocycles. The Morgan fingerprint density at radius 1 is 1.38 bits per heavy atom. The molecule has 5 nitrogen and oxygen atoms in total. The van der Waals surface area contributed by atoms with Crippen LogP contribution in [0.3, 0.4) is 0 Å². The standard InChI is InChI=1S/C16H28N2O3/c1-3-7-16(14(19)20)8-9-18(11-16)15(21)17-13(4-2)10-12-5-6-12/h12-13H,3-11H2,1-2H3,(H,17,21)(H,19,20). The molecule has 21 heavy (non-hydrogen) atoms. The van der Waals surface area contributed by atoms with E-state index in [0.717, 1.165) is 25.2 Å². The summed E-state index contributed by atoms with van der Waals surface area (Å²) in [7, 11) is 0. The zero-order chi connectivity index (χ0) is 15.5. The van der Waals surface area contributed by atoms with Gasteiger partial charge < -0.3 is 15.3 Å². The number of hydrogen-bond donors (Lipinski definition) is 2. The number of carboxylic acid groups (broad SMARTS) is 1. The first-order valence-electron chi connectivity index (χ1n) is 8.29. The van der Waals surface area contributed by atoms with E-state index in [2.05, 4.69) is 12.2 Å². The summed E-state index contributed by atoms with van der Waals surface area (Å²) < 4.78 is 0. The van der Waals surface area contributed by atoms with E-state index in [1.165, 1.54) is 12.8 Å². The number of rotatable bonds is 7. The van der Waals surface area contributed by atoms with Crippen LogP contribution in [0.4, 0.5) is 4.79 Å². The lowest BCUT2D eigenvalue weighted by Gasteiger charge is -2.26. The minimum Gasteiger partial charge on any atom is -0.481 e. The summed E-state index contributed by atoms with van der Waals surface area (Å²) in [5.74, 6) is 0.0247. The van der Waals surface area contributed by atoms with Gasteiger partial charge in [-0.3, -0.25) is 4.79 Å². The second-order valence-electron chi connectivity index (χ2n) is 6.74. The Labute approximate surface area is 127 Å². The van der Waals surface area contributed by atoms with Gasteiger partial charge in [0.25, 0.3) is 0 Å². The van der Waals surface area contributed by atoms with Crippen molar-refractivity contribution < 1.29 is 14.7 Å². The summed E-state index contributed by atoms with van der Waals surface area (Å²) >= 11 is 0. The minimum atomic E-state index is -0.760. The molecule has 0 aromatic carbocycles. The average Bonchev–Trinajstić information content (AvgIpc) is 3.15. The molecule has 1 heterocycles. The molecule has 1 aliphatic heterocycles. The molecule has 2 atom stereocenters. The van der Waals surface area contributed by atoms with E-state index in [1.807, 2.05) is 6.92 Å². The van der Waals surface area contributed by atoms with Crippen LogP contribution in [0.15, 0.2) is 0 Å². The molecule has 1 saturated heterocycles. The van der Waals surface area contributed by atoms with Gasteiger partial charge in [-0.15, -0.1) is 0 Å². The summed E-state index contributed by atoms with van der Waals surface area (Å²) in [4.78, 5) is 25.6. The number of hydrogen-bond acceptors (Lipinski definition) is 2. The highest BCUT2D eigenvalue weighted by molar-refractivity contribution is 5.79. The third kappa shape index (κ3) is 3.89. The minimum absolute atomic E-state index is 0.0817. The van der Waals surface area contributed by atoms with Crippen LogP contribution in [0.2, 0.25) is 0 Å². The maximum Gasteiger partial charge on any atom is 0.317 e. The average molecular weight is 296 g/mol. The van der Waals surface area contributed by atoms with E-state index in [9.17, 15) is 14.7 Å². The first-order valence-corrected chi connectivity index (χ1v) is 8.29. The Bertz CT molecular complexity index is 395. The van der Waals surface area contributed by atoms with E-state index in [1.54, 1.807) is 4.90 Å². The Kier molecular flexibility index (Phi) is 5.12. The van der Waals surface area contributed by atoms with Gasteiger partial charge in [-0.05, 0) is 31.6 Å². The van der Waals surface area contributed by atoms with Crippen LogP contribution in [-0.4, -0.2) is 41.1 Å². The number of nitrogens with one attached hydrogen (secondary N) is 1. The van der Waals surface area contributed by atoms with E-state index in [0.29, 0.717) is 25.9 Å². The van der Waals surface area contributed by atoms with Gasteiger partial charge in [-0.25, -0.2) is 4.79 Å². The zero-order valence-corrected chi connectivity index (χ0v) is 13.2. The zero-order valence-electron chi connectivity index (χ0n) is 13.2. The highest BCUT2D eigenvalue weighted by atomic mass is 16.4. The first-order chi connectivity index (χ1) is 10.0. The molecular formula is C16H28N2O3. The smallest absolute Gasteiger partial charge is 0.317 e. The van der Waals surface area contributed by atoms with Crippen LogP contribution in [0, 0.1) is 11.3 Å². The molecule has 2 N–H and O–H groups in total. The number of carboxylic acids is 1. The van der Waals surface area contributed by atoms with E-state index in [4.69, 9.17) is 0 Å². The maximum atomic E-state index is 12.4. The van der Waals surface area contributed by atoms with Crippen molar-refractivity contribution in [2.45, 2.75) is 64.8 Å². The fraction of sp³-hybridized carbons (Fsp3) is 0.875. The van der Waals surface area contributed by atoms with Crippen molar-refractivity contribution in [1.29, 1.82) is 0 Å². The van der Waals surface area contributed by atoms with Crippen LogP contribution in [0.1, 0.15) is 58.8 Å². The Morgan fingerprint density at radius 2 is 2.10 bits per heavy atom. The van der Waals surface area contributed by atoms with Crippen LogP contribution in [-0.2, 0) is 4.79 Å². The SMILES string of the molecule is CCCC1(C(=O)O)CCN(C(=O)NC(CC)CC2CC2)C1. The van der Waals surface area contributed by atoms with Crippen molar-refractivity contribution >= 4 is 12.0 Å². The van der Waals surface area contributed by atoms with Crippen LogP contribution < -0.4 is 5.32 Å². The summed E-state index contributed by atoms with van der Waals surface area (Å²) in [5.41, 5.74) is -0.732. The van der Waals surface area contributed by atoms with Crippen LogP contribution in [0.25, 0.3) is 0 Å². The number of amides is 2. The molecule has 0 aromatic rings. The predicted octanol–water partition coefficient (Wildman–Crippen LogP) is 2.85. The van der Waals surface area contributed by atoms with Gasteiger partial charge in [0.05, 0.1) is 5.41 Å². The number of nitrogens with zero attached hydrogens (tertiary/aromatic N) is 1. The Balaban J connectivity index is 1.89. The highest BCUT2D eigenvalue weighted by Crippen LogP contribution is 2.36. The first kappa shape index (κ1) is 16.1. The third-order valence-corrected chi connectivity index (χ3v) is 4.96. The van der Waals surface area contributed by atoms with Crippen LogP contribution in [0.5, 0.6) is 0 Å². The summed E-state index contributed by atoms with van der Waals surface area (Å²) in [5, 5.41) is 12.6. The van der Waals surface area contributed by atoms with Gasteiger partial charge in [-0.2, -0.15) is 0 Å². The Morgan fingerprint density at radius 3 is 2.62 bits per heavy atom. The van der Waals surface area contributed by atoms with Crippen molar-refractivity contribution in [2.24, 2.45) is 11.3 Å². The number of urea groups is 1. The number of likely N-dealkylation sites (tertiary alicyclic amines) is 1. The van der Waals surface area contributed by atoms with Crippen molar-refractivity contribution in [3.8, 4) is 0 Å². The molecule has 1 saturated carbocycles. The second kappa shape index (κ2) is 6.67. The monoisotopic (exact) mass is 296 g/mol. The molecule has 0 aromatic heterocycles. The molecule has 2 amide bonds. The maximum absolute atomic E-state index is 12.4. The molecule has 0 spiro atoms. The van der Waals surface area contributed by atoms with E-state index < -0.39 is 11.4 Å². The van der Waals surface area contributed by atoms with Gasteiger partial charge in [0, 0.05) is 19.1 Å². The van der Waals surface area contributed by atoms with Gasteiger partial charge in [0.15, 0.2) is 0 Å². The normalized spacial score (nSPS) is 26.7. The topological polar surface area (TPSA) is 69.6 Å². The highest BCUT2D eigenvalue weighted by Gasteiger charge is 2.45. The Hall–Kier alpha value is -1.26. The molecule has 120 valence electrons. The number of carbonyl (C=O) groups excluding carboxylic acids is 1. The molecular weight excluding hydrogens is 268 g/mol. The molecule has 2 unspecified atom stereocenters. The lowest BCUT2D eigenvalue weighted by molar-refractivity contribution is -0.148. The number of aliphatic carboxylic acids is 1. The summed E-state index contributed by atoms with van der Waals surface area (Å²) in [6.45, 7) is 4.99. The predicted molar refractivity (Wildman–Crippen MR) is 81.1 cm³/mol. The van der Waals surface area contributed by atoms with Crippen molar-refractivity contribution in [2.75, 3.05) is 13.1 Å². The van der Waals surface area contributed by atoms with Gasteiger partial charge in [-0.1, -0.05) is 33.1 Å². The summed E-state index contributed by atoms with van der Waals surface area (Å²) in [6.07, 6.45) is 6.63. The van der Waals surface area contributed by atoms with E-state index >= 15 is 0 Å². The molecule has 0 radical (unpaired) electrons. The lowest BCUT2D eigenvalue weighted by atomic mass is 9.83. The largest absolute Gasteiger partial charge is 0.481 e. The molecule has 2 rings (SSSR count). The van der Waals surface area contributed by atoms with Crippen LogP contribution >= 0.6 is 0 Å². The van der Waals surface area contributed by atoms with Gasteiger partial charge in [0.1, 0.15) is 0 Å². The van der Waals surface area contributed by atoms with Gasteiger partial charge in [0.2, 0.25) is 0 Å². The molecule has 0 bridgehead atoms. The summed E-state index contributed by atoms with van der Waals surface area (Å²) in [6, 6.07) is 0.151. The second-order valence-corrected chi connectivity index (χ2v) is 6.74. The molecule has 2 fully saturated rings. The number of carbonyl (C=O) groups is 2. The van der Waals surface area contributed by atoms with Gasteiger partial charge >= 0.3 is 12.0 Å². The van der Waals surface area contributed by atoms with Crippen molar-refractivity contribution in [1.82, 2.24) is 10.2 Å². The quantitative estimate of drug-likeness (QED) is 0.759. The molecule has 2 aliphatic rings. The fourth-order valence-electron chi connectivity index (χ4n) is 3.36. The molecule has 5 heteroatoms.